The van der Waals surface area contributed by atoms with Crippen molar-refractivity contribution in [3.05, 3.63) is 41.3 Å². The Bertz CT molecular complexity index is 816. The number of nitrogens with two attached hydrogens (primary N) is 1. The smallest absolute Gasteiger partial charge is 0.330 e. The summed E-state index contributed by atoms with van der Waals surface area (Å²) in [6, 6.07) is 4.47. The average molecular weight is 342 g/mol. The molecule has 0 bridgehead atoms. The number of nitrogens with one attached hydrogen (secondary N) is 1. The summed E-state index contributed by atoms with van der Waals surface area (Å²) in [5, 5.41) is 3.25. The molecule has 1 fully saturated rings. The van der Waals surface area contributed by atoms with Crippen molar-refractivity contribution in [3.8, 4) is 0 Å². The van der Waals surface area contributed by atoms with Gasteiger partial charge in [0.15, 0.2) is 0 Å². The van der Waals surface area contributed by atoms with Crippen molar-refractivity contribution in [3.63, 3.8) is 0 Å². The largest absolute Gasteiger partial charge is 0.368 e. The van der Waals surface area contributed by atoms with Crippen molar-refractivity contribution in [2.24, 2.45) is 0 Å². The van der Waals surface area contributed by atoms with Gasteiger partial charge in [-0.05, 0) is 31.5 Å². The van der Waals surface area contributed by atoms with Crippen LogP contribution in [-0.2, 0) is 6.54 Å². The lowest BCUT2D eigenvalue weighted by atomic mass is 10.1. The average Bonchev–Trinajstić information content (AvgIpc) is 3.09. The van der Waals surface area contributed by atoms with Crippen LogP contribution in [0.2, 0.25) is 0 Å². The maximum absolute atomic E-state index is 14.5. The summed E-state index contributed by atoms with van der Waals surface area (Å²) >= 11 is 0. The van der Waals surface area contributed by atoms with Gasteiger partial charge in [-0.2, -0.15) is 4.98 Å². The van der Waals surface area contributed by atoms with Gasteiger partial charge in [-0.25, -0.2) is 14.2 Å². The van der Waals surface area contributed by atoms with Crippen molar-refractivity contribution < 1.29 is 9.18 Å². The van der Waals surface area contributed by atoms with Crippen molar-refractivity contribution in [1.29, 1.82) is 0 Å². The zero-order valence-corrected chi connectivity index (χ0v) is 13.9. The highest BCUT2D eigenvalue weighted by molar-refractivity contribution is 6.06. The summed E-state index contributed by atoms with van der Waals surface area (Å²) < 4.78 is 14.5. The molecule has 0 aliphatic carbocycles. The van der Waals surface area contributed by atoms with Gasteiger partial charge >= 0.3 is 6.03 Å². The minimum absolute atomic E-state index is 0.0459. The molecule has 0 spiro atoms. The lowest BCUT2D eigenvalue weighted by Gasteiger charge is -2.39. The molecule has 1 aromatic heterocycles. The number of rotatable bonds is 2. The van der Waals surface area contributed by atoms with Gasteiger partial charge in [0, 0.05) is 18.3 Å². The maximum Gasteiger partial charge on any atom is 0.330 e. The number of aromatic nitrogens is 2. The standard InChI is InChI=1S/C17H19FN6O/c1-10-3-2-4-13(18)14(10)23-9-11-7-21-16(19)22-15(11)24(17(23)25)12-5-6-20-8-12/h2-4,7,12,20H,5-6,8-9H2,1H3,(H2,19,21,22)/t12-/m1/s1. The topological polar surface area (TPSA) is 87.4 Å². The van der Waals surface area contributed by atoms with Gasteiger partial charge in [-0.15, -0.1) is 0 Å². The molecule has 2 amide bonds. The number of carbonyl (C=O) groups excluding carboxylic acids is 1. The maximum atomic E-state index is 14.5. The van der Waals surface area contributed by atoms with Gasteiger partial charge in [-0.1, -0.05) is 12.1 Å². The number of halogens is 1. The van der Waals surface area contributed by atoms with Crippen LogP contribution in [0, 0.1) is 12.7 Å². The molecule has 4 rings (SSSR count). The molecular weight excluding hydrogens is 323 g/mol. The van der Waals surface area contributed by atoms with Crippen LogP contribution in [0.15, 0.2) is 24.4 Å². The fraction of sp³-hybridized carbons (Fsp3) is 0.353. The van der Waals surface area contributed by atoms with Crippen LogP contribution in [0.1, 0.15) is 17.5 Å². The molecule has 0 unspecified atom stereocenters. The van der Waals surface area contributed by atoms with Crippen LogP contribution in [0.4, 0.5) is 26.6 Å². The Balaban J connectivity index is 1.84. The summed E-state index contributed by atoms with van der Waals surface area (Å²) in [5.74, 6) is 0.229. The molecule has 2 aliphatic rings. The number of hydrogen-bond donors (Lipinski definition) is 2. The first-order chi connectivity index (χ1) is 12.1. The first-order valence-corrected chi connectivity index (χ1v) is 8.24. The quantitative estimate of drug-likeness (QED) is 0.869. The normalized spacial score (nSPS) is 20.1. The van der Waals surface area contributed by atoms with E-state index >= 15 is 0 Å². The van der Waals surface area contributed by atoms with E-state index < -0.39 is 5.82 Å². The highest BCUT2D eigenvalue weighted by atomic mass is 19.1. The Morgan fingerprint density at radius 3 is 2.96 bits per heavy atom. The first-order valence-electron chi connectivity index (χ1n) is 8.24. The van der Waals surface area contributed by atoms with E-state index in [4.69, 9.17) is 5.73 Å². The molecule has 2 aromatic rings. The predicted octanol–water partition coefficient (Wildman–Crippen LogP) is 1.81. The number of fused-ring (bicyclic) bond motifs is 1. The van der Waals surface area contributed by atoms with Crippen LogP contribution >= 0.6 is 0 Å². The number of urea groups is 1. The number of carbonyl (C=O) groups is 1. The molecule has 0 radical (unpaired) electrons. The van der Waals surface area contributed by atoms with E-state index in [1.54, 1.807) is 30.2 Å². The summed E-state index contributed by atoms with van der Waals surface area (Å²) in [5.41, 5.74) is 7.49. The molecule has 8 heteroatoms. The van der Waals surface area contributed by atoms with E-state index in [9.17, 15) is 9.18 Å². The zero-order valence-electron chi connectivity index (χ0n) is 13.9. The Morgan fingerprint density at radius 1 is 1.40 bits per heavy atom. The van der Waals surface area contributed by atoms with Crippen molar-refractivity contribution in [1.82, 2.24) is 15.3 Å². The molecule has 7 nitrogen and oxygen atoms in total. The molecule has 25 heavy (non-hydrogen) atoms. The number of anilines is 3. The third-order valence-electron chi connectivity index (χ3n) is 4.71. The molecule has 0 saturated carbocycles. The Kier molecular flexibility index (Phi) is 3.76. The zero-order chi connectivity index (χ0) is 17.6. The van der Waals surface area contributed by atoms with Gasteiger partial charge in [0.2, 0.25) is 5.95 Å². The predicted molar refractivity (Wildman–Crippen MR) is 92.9 cm³/mol. The summed E-state index contributed by atoms with van der Waals surface area (Å²) in [6.07, 6.45) is 2.42. The molecule has 3 heterocycles. The molecule has 1 saturated heterocycles. The summed E-state index contributed by atoms with van der Waals surface area (Å²) in [7, 11) is 0. The van der Waals surface area contributed by atoms with E-state index in [0.29, 0.717) is 23.6 Å². The van der Waals surface area contributed by atoms with Gasteiger partial charge in [0.25, 0.3) is 0 Å². The third kappa shape index (κ3) is 2.58. The number of benzene rings is 1. The number of nitrogen functional groups attached to an aromatic ring is 1. The van der Waals surface area contributed by atoms with Crippen molar-refractivity contribution in [2.45, 2.75) is 25.9 Å². The molecule has 1 aromatic carbocycles. The molecule has 1 atom stereocenters. The lowest BCUT2D eigenvalue weighted by Crippen LogP contribution is -2.53. The monoisotopic (exact) mass is 342 g/mol. The minimum atomic E-state index is -0.419. The molecule has 130 valence electrons. The molecular formula is C17H19FN6O. The van der Waals surface area contributed by atoms with Crippen LogP contribution < -0.4 is 20.9 Å². The minimum Gasteiger partial charge on any atom is -0.368 e. The van der Waals surface area contributed by atoms with Crippen LogP contribution in [0.3, 0.4) is 0 Å². The number of para-hydroxylation sites is 1. The number of nitrogens with zero attached hydrogens (tertiary/aromatic N) is 4. The van der Waals surface area contributed by atoms with E-state index in [1.165, 1.54) is 11.0 Å². The van der Waals surface area contributed by atoms with E-state index in [-0.39, 0.29) is 24.6 Å². The third-order valence-corrected chi connectivity index (χ3v) is 4.71. The van der Waals surface area contributed by atoms with E-state index in [1.807, 2.05) is 0 Å². The number of aryl methyl sites for hydroxylation is 1. The number of hydrogen-bond acceptors (Lipinski definition) is 5. The lowest BCUT2D eigenvalue weighted by molar-refractivity contribution is 0.247. The first kappa shape index (κ1) is 15.8. The van der Waals surface area contributed by atoms with Gasteiger partial charge in [0.1, 0.15) is 11.6 Å². The second-order valence-corrected chi connectivity index (χ2v) is 6.37. The van der Waals surface area contributed by atoms with E-state index in [0.717, 1.165) is 18.5 Å². The van der Waals surface area contributed by atoms with Gasteiger partial charge in [-0.3, -0.25) is 9.80 Å². The highest BCUT2D eigenvalue weighted by Gasteiger charge is 2.39. The van der Waals surface area contributed by atoms with Crippen LogP contribution in [0.5, 0.6) is 0 Å². The Hall–Kier alpha value is -2.74. The van der Waals surface area contributed by atoms with Gasteiger partial charge in [0.05, 0.1) is 18.3 Å². The second kappa shape index (κ2) is 5.96. The Morgan fingerprint density at radius 2 is 2.24 bits per heavy atom. The van der Waals surface area contributed by atoms with Crippen molar-refractivity contribution >= 4 is 23.5 Å². The van der Waals surface area contributed by atoms with Crippen LogP contribution in [0.25, 0.3) is 0 Å². The molecule has 2 aliphatic heterocycles. The SMILES string of the molecule is Cc1cccc(F)c1N1Cc2cnc(N)nc2N([C@@H]2CCNC2)C1=O. The fourth-order valence-corrected chi connectivity index (χ4v) is 3.52. The fourth-order valence-electron chi connectivity index (χ4n) is 3.52. The summed E-state index contributed by atoms with van der Waals surface area (Å²) in [6.45, 7) is 3.50. The molecule has 3 N–H and O–H groups in total. The van der Waals surface area contributed by atoms with Gasteiger partial charge < -0.3 is 11.1 Å². The second-order valence-electron chi connectivity index (χ2n) is 6.37. The van der Waals surface area contributed by atoms with Crippen molar-refractivity contribution in [2.75, 3.05) is 28.6 Å². The Labute approximate surface area is 144 Å². The van der Waals surface area contributed by atoms with Crippen LogP contribution in [-0.4, -0.2) is 35.1 Å². The highest BCUT2D eigenvalue weighted by Crippen LogP contribution is 2.35. The summed E-state index contributed by atoms with van der Waals surface area (Å²) in [4.78, 5) is 24.7. The number of amides is 2. The van der Waals surface area contributed by atoms with E-state index in [2.05, 4.69) is 15.3 Å².